The van der Waals surface area contributed by atoms with Gasteiger partial charge in [-0.25, -0.2) is 15.0 Å². The number of nitrogens with zero attached hydrogens (tertiary/aromatic N) is 4. The summed E-state index contributed by atoms with van der Waals surface area (Å²) in [6.07, 6.45) is 0. The third-order valence-electron chi connectivity index (χ3n) is 14.8. The van der Waals surface area contributed by atoms with Crippen molar-refractivity contribution in [1.82, 2.24) is 19.5 Å². The molecule has 16 aromatic rings. The molecule has 0 radical (unpaired) electrons. The molecular formula is C67H38N4O3. The van der Waals surface area contributed by atoms with E-state index in [2.05, 4.69) is 162 Å². The minimum absolute atomic E-state index is 0.529. The van der Waals surface area contributed by atoms with E-state index < -0.39 is 0 Å². The first-order valence-corrected chi connectivity index (χ1v) is 24.8. The average molecular weight is 947 g/mol. The molecule has 16 rings (SSSR count). The van der Waals surface area contributed by atoms with Crippen molar-refractivity contribution >= 4 is 98.4 Å². The molecule has 0 saturated carbocycles. The average Bonchev–Trinajstić information content (AvgIpc) is 4.24. The van der Waals surface area contributed by atoms with Gasteiger partial charge in [0.25, 0.3) is 0 Å². The van der Waals surface area contributed by atoms with Crippen molar-refractivity contribution in [2.75, 3.05) is 0 Å². The van der Waals surface area contributed by atoms with E-state index in [-0.39, 0.29) is 0 Å². The molecule has 5 heterocycles. The van der Waals surface area contributed by atoms with Gasteiger partial charge in [-0.15, -0.1) is 0 Å². The van der Waals surface area contributed by atoms with E-state index in [4.69, 9.17) is 28.2 Å². The van der Waals surface area contributed by atoms with E-state index in [9.17, 15) is 0 Å². The zero-order valence-electron chi connectivity index (χ0n) is 39.5. The summed E-state index contributed by atoms with van der Waals surface area (Å²) in [6.45, 7) is 0. The zero-order chi connectivity index (χ0) is 48.4. The first kappa shape index (κ1) is 40.6. The Kier molecular flexibility index (Phi) is 8.61. The van der Waals surface area contributed by atoms with Crippen LogP contribution < -0.4 is 0 Å². The minimum Gasteiger partial charge on any atom is -0.456 e. The van der Waals surface area contributed by atoms with Crippen molar-refractivity contribution in [2.45, 2.75) is 0 Å². The molecule has 0 spiro atoms. The van der Waals surface area contributed by atoms with Gasteiger partial charge < -0.3 is 17.8 Å². The molecular weight excluding hydrogens is 909 g/mol. The highest BCUT2D eigenvalue weighted by Crippen LogP contribution is 2.45. The van der Waals surface area contributed by atoms with Crippen molar-refractivity contribution < 1.29 is 13.3 Å². The number of aromatic nitrogens is 4. The molecule has 0 aliphatic rings. The van der Waals surface area contributed by atoms with Crippen LogP contribution in [-0.2, 0) is 0 Å². The predicted molar refractivity (Wildman–Crippen MR) is 301 cm³/mol. The molecule has 7 heteroatoms. The van der Waals surface area contributed by atoms with E-state index in [1.165, 1.54) is 27.1 Å². The summed E-state index contributed by atoms with van der Waals surface area (Å²) in [6, 6.07) is 80.6. The summed E-state index contributed by atoms with van der Waals surface area (Å²) in [5.41, 5.74) is 14.9. The predicted octanol–water partition coefficient (Wildman–Crippen LogP) is 18.2. The van der Waals surface area contributed by atoms with E-state index >= 15 is 0 Å². The van der Waals surface area contributed by atoms with E-state index in [1.807, 2.05) is 72.8 Å². The van der Waals surface area contributed by atoms with Crippen LogP contribution in [0.15, 0.2) is 244 Å². The molecule has 0 aliphatic heterocycles. The summed E-state index contributed by atoms with van der Waals surface area (Å²) in [5, 5.41) is 10.7. The van der Waals surface area contributed by atoms with E-state index in [0.29, 0.717) is 17.5 Å². The third kappa shape index (κ3) is 6.10. The Morgan fingerprint density at radius 1 is 0.270 bits per heavy atom. The van der Waals surface area contributed by atoms with Gasteiger partial charge in [0, 0.05) is 65.3 Å². The molecule has 0 N–H and O–H groups in total. The second-order valence-electron chi connectivity index (χ2n) is 19.0. The van der Waals surface area contributed by atoms with Gasteiger partial charge in [0.1, 0.15) is 33.5 Å². The Balaban J connectivity index is 1.00. The topological polar surface area (TPSA) is 83.0 Å². The molecule has 11 aromatic carbocycles. The highest BCUT2D eigenvalue weighted by Gasteiger charge is 2.24. The Morgan fingerprint density at radius 3 is 1.50 bits per heavy atom. The van der Waals surface area contributed by atoms with Gasteiger partial charge in [-0.1, -0.05) is 152 Å². The second-order valence-corrected chi connectivity index (χ2v) is 19.0. The van der Waals surface area contributed by atoms with Crippen molar-refractivity contribution in [3.05, 3.63) is 231 Å². The Bertz CT molecular complexity index is 4850. The first-order valence-electron chi connectivity index (χ1n) is 24.8. The molecule has 74 heavy (non-hydrogen) atoms. The lowest BCUT2D eigenvalue weighted by atomic mass is 9.98. The lowest BCUT2D eigenvalue weighted by Crippen LogP contribution is -2.02. The normalized spacial score (nSPS) is 12.1. The van der Waals surface area contributed by atoms with Gasteiger partial charge in [0.15, 0.2) is 17.5 Å². The molecule has 7 nitrogen and oxygen atoms in total. The maximum absolute atomic E-state index is 6.43. The number of furan rings is 3. The van der Waals surface area contributed by atoms with Gasteiger partial charge in [0.2, 0.25) is 0 Å². The largest absolute Gasteiger partial charge is 0.456 e. The van der Waals surface area contributed by atoms with Crippen LogP contribution in [0.25, 0.3) is 160 Å². The third-order valence-corrected chi connectivity index (χ3v) is 14.8. The van der Waals surface area contributed by atoms with Crippen molar-refractivity contribution in [3.8, 4) is 62.1 Å². The number of hydrogen-bond donors (Lipinski definition) is 0. The number of para-hydroxylation sites is 3. The highest BCUT2D eigenvalue weighted by atomic mass is 16.3. The van der Waals surface area contributed by atoms with E-state index in [0.717, 1.165) is 116 Å². The first-order chi connectivity index (χ1) is 36.7. The lowest BCUT2D eigenvalue weighted by Gasteiger charge is -2.17. The SMILES string of the molecule is c1ccc(-c2cccc3c2c2cc4ccccc4cc2n3-c2ccc(-c3nc(-c4cccc5oc6ccccc6c45)nc(-c4cccc5oc6ccccc6c45)n3)cc2-c2ccc3oc4ccccc4c3c2)cc1. The number of fused-ring (bicyclic) bond motifs is 13. The molecule has 344 valence electrons. The lowest BCUT2D eigenvalue weighted by molar-refractivity contribution is 0.668. The van der Waals surface area contributed by atoms with Crippen LogP contribution in [0.3, 0.4) is 0 Å². The molecule has 0 fully saturated rings. The second kappa shape index (κ2) is 15.7. The quantitative estimate of drug-likeness (QED) is 0.165. The molecule has 0 amide bonds. The zero-order valence-corrected chi connectivity index (χ0v) is 39.5. The highest BCUT2D eigenvalue weighted by molar-refractivity contribution is 6.19. The van der Waals surface area contributed by atoms with Crippen LogP contribution in [0.5, 0.6) is 0 Å². The molecule has 0 unspecified atom stereocenters. The van der Waals surface area contributed by atoms with Crippen molar-refractivity contribution in [1.29, 1.82) is 0 Å². The smallest absolute Gasteiger partial charge is 0.164 e. The van der Waals surface area contributed by atoms with Gasteiger partial charge in [-0.2, -0.15) is 0 Å². The van der Waals surface area contributed by atoms with Crippen LogP contribution in [-0.4, -0.2) is 19.5 Å². The fourth-order valence-corrected chi connectivity index (χ4v) is 11.5. The maximum atomic E-state index is 6.43. The van der Waals surface area contributed by atoms with Crippen LogP contribution in [0, 0.1) is 0 Å². The fraction of sp³-hybridized carbons (Fsp3) is 0. The van der Waals surface area contributed by atoms with Gasteiger partial charge in [0.05, 0.1) is 16.7 Å². The van der Waals surface area contributed by atoms with Gasteiger partial charge >= 0.3 is 0 Å². The van der Waals surface area contributed by atoms with Crippen LogP contribution in [0.1, 0.15) is 0 Å². The monoisotopic (exact) mass is 946 g/mol. The summed E-state index contributed by atoms with van der Waals surface area (Å²) in [4.78, 5) is 16.3. The number of rotatable bonds is 6. The minimum atomic E-state index is 0.529. The Labute approximate surface area is 421 Å². The summed E-state index contributed by atoms with van der Waals surface area (Å²) >= 11 is 0. The number of hydrogen-bond acceptors (Lipinski definition) is 6. The van der Waals surface area contributed by atoms with Crippen LogP contribution in [0.4, 0.5) is 0 Å². The summed E-state index contributed by atoms with van der Waals surface area (Å²) in [7, 11) is 0. The van der Waals surface area contributed by atoms with Gasteiger partial charge in [-0.05, 0) is 106 Å². The molecule has 5 aromatic heterocycles. The van der Waals surface area contributed by atoms with Gasteiger partial charge in [-0.3, -0.25) is 0 Å². The van der Waals surface area contributed by atoms with Crippen molar-refractivity contribution in [3.63, 3.8) is 0 Å². The maximum Gasteiger partial charge on any atom is 0.164 e. The molecule has 0 saturated heterocycles. The summed E-state index contributed by atoms with van der Waals surface area (Å²) < 4.78 is 21.7. The van der Waals surface area contributed by atoms with Crippen molar-refractivity contribution in [2.24, 2.45) is 0 Å². The standard InChI is InChI=1S/C67H38N4O3/c1-2-15-39(16-3-1)44-22-12-25-54-62(44)52-35-40-17-4-5-18-41(40)38-55(52)71(54)53-33-31-43(37-50(53)42-32-34-59-51(36-42)45-19-6-9-26-56(45)72-59)65-68-66(48-23-13-29-60-63(48)46-20-7-10-27-57(46)73-60)70-67(69-65)49-24-14-30-61-64(49)47-21-8-11-28-58(47)74-61/h1-38H. The molecule has 0 atom stereocenters. The van der Waals surface area contributed by atoms with Crippen LogP contribution in [0.2, 0.25) is 0 Å². The van der Waals surface area contributed by atoms with E-state index in [1.54, 1.807) is 0 Å². The Morgan fingerprint density at radius 2 is 0.797 bits per heavy atom. The summed E-state index contributed by atoms with van der Waals surface area (Å²) in [5.74, 6) is 1.60. The molecule has 0 bridgehead atoms. The molecule has 0 aliphatic carbocycles. The van der Waals surface area contributed by atoms with Crippen LogP contribution >= 0.6 is 0 Å². The Hall–Kier alpha value is -10.1. The number of benzene rings is 11. The fourth-order valence-electron chi connectivity index (χ4n) is 11.5.